The van der Waals surface area contributed by atoms with Gasteiger partial charge in [-0.05, 0) is 38.2 Å². The van der Waals surface area contributed by atoms with E-state index in [-0.39, 0.29) is 0 Å². The van der Waals surface area contributed by atoms with E-state index in [0.717, 1.165) is 33.8 Å². The lowest BCUT2D eigenvalue weighted by Crippen LogP contribution is -2.06. The molecule has 2 aromatic rings. The third-order valence-electron chi connectivity index (χ3n) is 2.77. The van der Waals surface area contributed by atoms with Gasteiger partial charge in [0.25, 0.3) is 0 Å². The van der Waals surface area contributed by atoms with Gasteiger partial charge in [-0.3, -0.25) is 0 Å². The van der Waals surface area contributed by atoms with Crippen LogP contribution in [0.15, 0.2) is 46.9 Å². The Kier molecular flexibility index (Phi) is 5.44. The summed E-state index contributed by atoms with van der Waals surface area (Å²) in [6.45, 7) is 3.32. The normalized spacial score (nSPS) is 10.3. The monoisotopic (exact) mass is 335 g/mol. The van der Waals surface area contributed by atoms with Crippen molar-refractivity contribution in [2.45, 2.75) is 13.5 Å². The third-order valence-corrected chi connectivity index (χ3v) is 3.26. The molecule has 0 aliphatic rings. The van der Waals surface area contributed by atoms with Crippen molar-refractivity contribution in [2.24, 2.45) is 0 Å². The van der Waals surface area contributed by atoms with Crippen LogP contribution in [0.4, 0.5) is 0 Å². The van der Waals surface area contributed by atoms with Crippen LogP contribution in [0.1, 0.15) is 12.5 Å². The number of ether oxygens (including phenoxy) is 2. The Labute approximate surface area is 128 Å². The summed E-state index contributed by atoms with van der Waals surface area (Å²) in [6.07, 6.45) is 0. The summed E-state index contributed by atoms with van der Waals surface area (Å²) in [5.41, 5.74) is 1.10. The second-order valence-electron chi connectivity index (χ2n) is 4.26. The molecule has 1 N–H and O–H groups in total. The Bertz CT molecular complexity index is 572. The zero-order valence-electron chi connectivity index (χ0n) is 11.7. The van der Waals surface area contributed by atoms with Gasteiger partial charge in [-0.25, -0.2) is 0 Å². The smallest absolute Gasteiger partial charge is 0.169 e. The fraction of sp³-hybridized carbons (Fsp3) is 0.250. The lowest BCUT2D eigenvalue weighted by molar-refractivity contribution is 0.321. The van der Waals surface area contributed by atoms with Crippen molar-refractivity contribution in [1.29, 1.82) is 0 Å². The minimum Gasteiger partial charge on any atom is -0.490 e. The maximum atomic E-state index is 6.03. The van der Waals surface area contributed by atoms with Crippen LogP contribution in [0.2, 0.25) is 0 Å². The molecule has 0 unspecified atom stereocenters. The van der Waals surface area contributed by atoms with E-state index >= 15 is 0 Å². The molecule has 0 bridgehead atoms. The number of nitrogens with one attached hydrogen (secondary N) is 1. The Morgan fingerprint density at radius 2 is 1.80 bits per heavy atom. The van der Waals surface area contributed by atoms with Crippen molar-refractivity contribution >= 4 is 15.9 Å². The first-order valence-electron chi connectivity index (χ1n) is 6.57. The number of hydrogen-bond donors (Lipinski definition) is 1. The maximum Gasteiger partial charge on any atom is 0.169 e. The molecule has 106 valence electrons. The van der Waals surface area contributed by atoms with Gasteiger partial charge >= 0.3 is 0 Å². The van der Waals surface area contributed by atoms with Crippen molar-refractivity contribution in [3.8, 4) is 17.2 Å². The number of hydrogen-bond acceptors (Lipinski definition) is 3. The van der Waals surface area contributed by atoms with E-state index in [2.05, 4.69) is 21.2 Å². The number of rotatable bonds is 6. The average molecular weight is 336 g/mol. The Morgan fingerprint density at radius 1 is 1.05 bits per heavy atom. The molecule has 0 saturated heterocycles. The number of benzene rings is 2. The Morgan fingerprint density at radius 3 is 2.50 bits per heavy atom. The lowest BCUT2D eigenvalue weighted by Gasteiger charge is -2.14. The van der Waals surface area contributed by atoms with Gasteiger partial charge in [0.15, 0.2) is 11.5 Å². The molecule has 2 rings (SSSR count). The molecule has 4 heteroatoms. The lowest BCUT2D eigenvalue weighted by atomic mass is 10.2. The molecule has 2 aromatic carbocycles. The number of halogens is 1. The molecule has 0 radical (unpaired) electrons. The molecule has 0 saturated carbocycles. The van der Waals surface area contributed by atoms with E-state index in [1.165, 1.54) is 0 Å². The standard InChI is InChI=1S/C16H18BrNO2/c1-3-19-14-6-4-5-7-15(14)20-16-10-13(17)9-8-12(16)11-18-2/h4-10,18H,3,11H2,1-2H3. The summed E-state index contributed by atoms with van der Waals surface area (Å²) in [7, 11) is 1.92. The fourth-order valence-electron chi connectivity index (χ4n) is 1.89. The molecule has 0 atom stereocenters. The van der Waals surface area contributed by atoms with Crippen LogP contribution in [0.3, 0.4) is 0 Å². The van der Waals surface area contributed by atoms with Gasteiger partial charge in [-0.15, -0.1) is 0 Å². The van der Waals surface area contributed by atoms with Crippen LogP contribution in [0, 0.1) is 0 Å². The van der Waals surface area contributed by atoms with Gasteiger partial charge in [0.05, 0.1) is 6.61 Å². The molecule has 3 nitrogen and oxygen atoms in total. The van der Waals surface area contributed by atoms with E-state index < -0.39 is 0 Å². The Hall–Kier alpha value is -1.52. The highest BCUT2D eigenvalue weighted by Crippen LogP contribution is 2.34. The van der Waals surface area contributed by atoms with Crippen LogP contribution in [-0.2, 0) is 6.54 Å². The SMILES string of the molecule is CCOc1ccccc1Oc1cc(Br)ccc1CNC. The molecule has 0 amide bonds. The highest BCUT2D eigenvalue weighted by atomic mass is 79.9. The average Bonchev–Trinajstić information content (AvgIpc) is 2.44. The third kappa shape index (κ3) is 3.74. The van der Waals surface area contributed by atoms with Crippen LogP contribution < -0.4 is 14.8 Å². The number of para-hydroxylation sites is 2. The fourth-order valence-corrected chi connectivity index (χ4v) is 2.23. The molecule has 0 heterocycles. The maximum absolute atomic E-state index is 6.03. The topological polar surface area (TPSA) is 30.5 Å². The highest BCUT2D eigenvalue weighted by molar-refractivity contribution is 9.10. The van der Waals surface area contributed by atoms with Crippen LogP contribution in [0.5, 0.6) is 17.2 Å². The molecule has 0 aliphatic heterocycles. The van der Waals surface area contributed by atoms with Gasteiger partial charge in [-0.2, -0.15) is 0 Å². The van der Waals surface area contributed by atoms with Crippen LogP contribution >= 0.6 is 15.9 Å². The van der Waals surface area contributed by atoms with Gasteiger partial charge in [0.1, 0.15) is 5.75 Å². The van der Waals surface area contributed by atoms with Gasteiger partial charge in [-0.1, -0.05) is 34.1 Å². The van der Waals surface area contributed by atoms with Crippen molar-refractivity contribution in [3.05, 3.63) is 52.5 Å². The summed E-state index contributed by atoms with van der Waals surface area (Å²) >= 11 is 3.48. The minimum absolute atomic E-state index is 0.613. The van der Waals surface area contributed by atoms with E-state index in [1.54, 1.807) is 0 Å². The minimum atomic E-state index is 0.613. The molecule has 0 aliphatic carbocycles. The summed E-state index contributed by atoms with van der Waals surface area (Å²) in [6, 6.07) is 13.7. The van der Waals surface area contributed by atoms with Crippen molar-refractivity contribution < 1.29 is 9.47 Å². The van der Waals surface area contributed by atoms with Gasteiger partial charge in [0, 0.05) is 16.6 Å². The first kappa shape index (κ1) is 14.9. The first-order valence-corrected chi connectivity index (χ1v) is 7.36. The van der Waals surface area contributed by atoms with Gasteiger partial charge in [0.2, 0.25) is 0 Å². The zero-order valence-corrected chi connectivity index (χ0v) is 13.2. The summed E-state index contributed by atoms with van der Waals surface area (Å²) in [5, 5.41) is 3.14. The predicted octanol–water partition coefficient (Wildman–Crippen LogP) is 4.36. The first-order chi connectivity index (χ1) is 9.74. The largest absolute Gasteiger partial charge is 0.490 e. The van der Waals surface area contributed by atoms with Crippen molar-refractivity contribution in [2.75, 3.05) is 13.7 Å². The molecule has 20 heavy (non-hydrogen) atoms. The molecular formula is C16H18BrNO2. The molecule has 0 spiro atoms. The molecule has 0 fully saturated rings. The van der Waals surface area contributed by atoms with Gasteiger partial charge < -0.3 is 14.8 Å². The quantitative estimate of drug-likeness (QED) is 0.850. The summed E-state index contributed by atoms with van der Waals surface area (Å²) < 4.78 is 12.6. The van der Waals surface area contributed by atoms with E-state index in [0.29, 0.717) is 6.61 Å². The van der Waals surface area contributed by atoms with E-state index in [9.17, 15) is 0 Å². The van der Waals surface area contributed by atoms with Crippen molar-refractivity contribution in [1.82, 2.24) is 5.32 Å². The zero-order chi connectivity index (χ0) is 14.4. The highest BCUT2D eigenvalue weighted by Gasteiger charge is 2.09. The van der Waals surface area contributed by atoms with Crippen molar-refractivity contribution in [3.63, 3.8) is 0 Å². The second-order valence-corrected chi connectivity index (χ2v) is 5.18. The summed E-state index contributed by atoms with van der Waals surface area (Å²) in [5.74, 6) is 2.30. The summed E-state index contributed by atoms with van der Waals surface area (Å²) in [4.78, 5) is 0. The second kappa shape index (κ2) is 7.31. The molecule has 0 aromatic heterocycles. The molecular weight excluding hydrogens is 318 g/mol. The van der Waals surface area contributed by atoms with E-state index in [4.69, 9.17) is 9.47 Å². The van der Waals surface area contributed by atoms with Crippen LogP contribution in [-0.4, -0.2) is 13.7 Å². The Balaban J connectivity index is 2.31. The predicted molar refractivity (Wildman–Crippen MR) is 84.6 cm³/mol. The van der Waals surface area contributed by atoms with E-state index in [1.807, 2.05) is 56.4 Å². The van der Waals surface area contributed by atoms with Crippen LogP contribution in [0.25, 0.3) is 0 Å².